The number of piperidine rings is 1. The van der Waals surface area contributed by atoms with Crippen LogP contribution in [0.25, 0.3) is 0 Å². The first kappa shape index (κ1) is 15.2. The molecule has 1 aliphatic heterocycles. The van der Waals surface area contributed by atoms with Gasteiger partial charge in [-0.2, -0.15) is 0 Å². The molecule has 0 aliphatic carbocycles. The largest absolute Gasteiger partial charge is 0.444 e. The number of aliphatic hydroxyl groups excluding tert-OH is 1. The van der Waals surface area contributed by atoms with Gasteiger partial charge in [0.15, 0.2) is 0 Å². The number of nitrogens with zero attached hydrogens (tertiary/aromatic N) is 1. The van der Waals surface area contributed by atoms with Crippen LogP contribution in [-0.2, 0) is 4.74 Å². The van der Waals surface area contributed by atoms with Gasteiger partial charge in [-0.1, -0.05) is 0 Å². The second-order valence-corrected chi connectivity index (χ2v) is 4.70. The molecular weight excluding hydrogens is 205 g/mol. The van der Waals surface area contributed by atoms with Gasteiger partial charge in [0, 0.05) is 42.6 Å². The second-order valence-electron chi connectivity index (χ2n) is 4.70. The van der Waals surface area contributed by atoms with Crippen molar-refractivity contribution in [2.45, 2.75) is 45.3 Å². The number of hydrogen-bond donors (Lipinski definition) is 1. The van der Waals surface area contributed by atoms with Crippen molar-refractivity contribution in [1.82, 2.24) is 4.90 Å². The van der Waals surface area contributed by atoms with Crippen LogP contribution in [0.5, 0.6) is 0 Å². The molecule has 1 saturated heterocycles. The molecule has 1 rings (SSSR count). The maximum atomic E-state index is 11.5. The van der Waals surface area contributed by atoms with Gasteiger partial charge in [0.1, 0.15) is 5.60 Å². The van der Waals surface area contributed by atoms with Crippen LogP contribution in [0, 0.1) is 0 Å². The molecule has 1 aliphatic rings. The van der Waals surface area contributed by atoms with Crippen molar-refractivity contribution in [1.29, 1.82) is 0 Å². The smallest absolute Gasteiger partial charge is 0.410 e. The van der Waals surface area contributed by atoms with E-state index in [0.29, 0.717) is 25.9 Å². The summed E-state index contributed by atoms with van der Waals surface area (Å²) >= 11 is 0. The van der Waals surface area contributed by atoms with E-state index in [9.17, 15) is 9.90 Å². The van der Waals surface area contributed by atoms with E-state index in [1.165, 1.54) is 0 Å². The molecule has 4 nitrogen and oxygen atoms in total. The quantitative estimate of drug-likeness (QED) is 0.624. The molecule has 0 unspecified atom stereocenters. The summed E-state index contributed by atoms with van der Waals surface area (Å²) in [6.07, 6.45) is 0.775. The molecule has 0 bridgehead atoms. The first-order valence-electron chi connectivity index (χ1n) is 5.04. The van der Waals surface area contributed by atoms with Crippen molar-refractivity contribution in [2.24, 2.45) is 0 Å². The molecule has 1 fully saturated rings. The number of amides is 1. The molecule has 1 radical (unpaired) electrons. The van der Waals surface area contributed by atoms with E-state index in [1.807, 2.05) is 20.8 Å². The molecule has 1 heterocycles. The monoisotopic (exact) mass is 224 g/mol. The van der Waals surface area contributed by atoms with E-state index in [0.717, 1.165) is 0 Å². The number of carbonyl (C=O) groups is 1. The second kappa shape index (κ2) is 6.09. The average Bonchev–Trinajstić information content (AvgIpc) is 2.02. The first-order chi connectivity index (χ1) is 6.38. The van der Waals surface area contributed by atoms with Crippen molar-refractivity contribution in [3.8, 4) is 0 Å². The zero-order valence-electron chi connectivity index (χ0n) is 10.1. The van der Waals surface area contributed by atoms with Crippen LogP contribution in [0.3, 0.4) is 0 Å². The van der Waals surface area contributed by atoms with Crippen LogP contribution in [0.2, 0.25) is 0 Å². The Bertz CT molecular complexity index is 207. The molecule has 15 heavy (non-hydrogen) atoms. The number of hydrogen-bond acceptors (Lipinski definition) is 3. The Balaban J connectivity index is 0.00000196. The summed E-state index contributed by atoms with van der Waals surface area (Å²) in [6, 6.07) is 0. The Morgan fingerprint density at radius 2 is 1.80 bits per heavy atom. The van der Waals surface area contributed by atoms with Crippen LogP contribution in [0.15, 0.2) is 0 Å². The summed E-state index contributed by atoms with van der Waals surface area (Å²) in [7, 11) is 0. The molecule has 0 aromatic heterocycles. The summed E-state index contributed by atoms with van der Waals surface area (Å²) in [6.45, 7) is 6.74. The Kier molecular flexibility index (Phi) is 6.18. The maximum absolute atomic E-state index is 11.5. The summed E-state index contributed by atoms with van der Waals surface area (Å²) < 4.78 is 5.22. The summed E-state index contributed by atoms with van der Waals surface area (Å²) in [5, 5.41) is 9.26. The van der Waals surface area contributed by atoms with E-state index in [-0.39, 0.29) is 41.8 Å². The van der Waals surface area contributed by atoms with Gasteiger partial charge in [0.2, 0.25) is 0 Å². The van der Waals surface area contributed by atoms with Crippen LogP contribution in [-0.4, -0.2) is 70.5 Å². The van der Waals surface area contributed by atoms with Gasteiger partial charge in [-0.25, -0.2) is 4.79 Å². The molecular formula is C10H19NNaO3. The third-order valence-electron chi connectivity index (χ3n) is 2.12. The summed E-state index contributed by atoms with van der Waals surface area (Å²) in [5.41, 5.74) is -0.437. The minimum absolute atomic E-state index is 0. The zero-order chi connectivity index (χ0) is 10.8. The fourth-order valence-corrected chi connectivity index (χ4v) is 1.37. The molecule has 5 heteroatoms. The fourth-order valence-electron chi connectivity index (χ4n) is 1.37. The number of carbonyl (C=O) groups excluding carboxylic acids is 1. The standard InChI is InChI=1S/C10H19NO3.Na/c1-10(2,3)14-9(13)11-6-4-8(12)5-7-11;/h8,12H,4-7H2,1-3H3;. The van der Waals surface area contributed by atoms with Crippen LogP contribution in [0.4, 0.5) is 4.79 Å². The SMILES string of the molecule is CC(C)(C)OC(=O)N1CCC(O)CC1.[Na]. The predicted octanol–water partition coefficient (Wildman–Crippen LogP) is 0.997. The number of rotatable bonds is 0. The van der Waals surface area contributed by atoms with Crippen molar-refractivity contribution in [2.75, 3.05) is 13.1 Å². The molecule has 0 spiro atoms. The normalized spacial score (nSPS) is 18.3. The minimum Gasteiger partial charge on any atom is -0.444 e. The average molecular weight is 224 g/mol. The molecule has 83 valence electrons. The third-order valence-corrected chi connectivity index (χ3v) is 2.12. The predicted molar refractivity (Wildman–Crippen MR) is 58.8 cm³/mol. The van der Waals surface area contributed by atoms with Crippen molar-refractivity contribution in [3.63, 3.8) is 0 Å². The maximum Gasteiger partial charge on any atom is 0.410 e. The van der Waals surface area contributed by atoms with E-state index in [2.05, 4.69) is 0 Å². The molecule has 0 saturated carbocycles. The minimum atomic E-state index is -0.437. The molecule has 0 atom stereocenters. The Hall–Kier alpha value is 0.230. The van der Waals surface area contributed by atoms with E-state index >= 15 is 0 Å². The molecule has 0 aromatic rings. The topological polar surface area (TPSA) is 49.8 Å². The van der Waals surface area contributed by atoms with Crippen molar-refractivity contribution >= 4 is 35.7 Å². The van der Waals surface area contributed by atoms with E-state index in [1.54, 1.807) is 4.90 Å². The van der Waals surface area contributed by atoms with Gasteiger partial charge in [-0.15, -0.1) is 0 Å². The van der Waals surface area contributed by atoms with Crippen molar-refractivity contribution < 1.29 is 14.6 Å². The van der Waals surface area contributed by atoms with Crippen LogP contribution < -0.4 is 0 Å². The Morgan fingerprint density at radius 3 is 2.20 bits per heavy atom. The van der Waals surface area contributed by atoms with Gasteiger partial charge in [-0.3, -0.25) is 0 Å². The fraction of sp³-hybridized carbons (Fsp3) is 0.900. The number of ether oxygens (including phenoxy) is 1. The molecule has 0 aromatic carbocycles. The number of likely N-dealkylation sites (tertiary alicyclic amines) is 1. The summed E-state index contributed by atoms with van der Waals surface area (Å²) in [4.78, 5) is 13.2. The van der Waals surface area contributed by atoms with Gasteiger partial charge < -0.3 is 14.7 Å². The first-order valence-corrected chi connectivity index (χ1v) is 5.04. The van der Waals surface area contributed by atoms with Crippen LogP contribution in [0.1, 0.15) is 33.6 Å². The van der Waals surface area contributed by atoms with E-state index < -0.39 is 5.60 Å². The van der Waals surface area contributed by atoms with Crippen molar-refractivity contribution in [3.05, 3.63) is 0 Å². The summed E-state index contributed by atoms with van der Waals surface area (Å²) in [5.74, 6) is 0. The Labute approximate surface area is 113 Å². The van der Waals surface area contributed by atoms with Gasteiger partial charge >= 0.3 is 6.09 Å². The van der Waals surface area contributed by atoms with E-state index in [4.69, 9.17) is 4.74 Å². The van der Waals surface area contributed by atoms with Gasteiger partial charge in [-0.05, 0) is 33.6 Å². The van der Waals surface area contributed by atoms with Gasteiger partial charge in [0.25, 0.3) is 0 Å². The zero-order valence-corrected chi connectivity index (χ0v) is 12.1. The third kappa shape index (κ3) is 5.76. The molecule has 1 N–H and O–H groups in total. The Morgan fingerprint density at radius 1 is 1.33 bits per heavy atom. The molecule has 1 amide bonds. The van der Waals surface area contributed by atoms with Crippen LogP contribution >= 0.6 is 0 Å². The van der Waals surface area contributed by atoms with Gasteiger partial charge in [0.05, 0.1) is 6.10 Å². The number of aliphatic hydroxyl groups is 1.